The second-order valence-electron chi connectivity index (χ2n) is 3.27. The van der Waals surface area contributed by atoms with Crippen molar-refractivity contribution in [3.05, 3.63) is 36.5 Å². The third-order valence-corrected chi connectivity index (χ3v) is 2.70. The van der Waals surface area contributed by atoms with Gasteiger partial charge in [0.1, 0.15) is 5.82 Å². The third kappa shape index (κ3) is 4.43. The minimum Gasteiger partial charge on any atom is -0.206 e. The Labute approximate surface area is 96.0 Å². The maximum Gasteiger partial charge on any atom is 0.446 e. The number of halogens is 4. The largest absolute Gasteiger partial charge is 0.446 e. The zero-order valence-electron chi connectivity index (χ0n) is 8.48. The summed E-state index contributed by atoms with van der Waals surface area (Å²) in [4.78, 5) is -0.367. The molecule has 5 heteroatoms. The molecule has 16 heavy (non-hydrogen) atoms. The minimum atomic E-state index is -4.45. The number of benzene rings is 1. The average Bonchev–Trinajstić information content (AvgIpc) is 2.17. The van der Waals surface area contributed by atoms with Gasteiger partial charge in [0.15, 0.2) is 0 Å². The van der Waals surface area contributed by atoms with E-state index in [9.17, 15) is 17.6 Å². The first-order valence-electron chi connectivity index (χ1n) is 4.76. The van der Waals surface area contributed by atoms with E-state index in [2.05, 4.69) is 6.92 Å². The molecular formula is C11H11F4S. The fourth-order valence-electron chi connectivity index (χ4n) is 1.24. The highest BCUT2D eigenvalue weighted by molar-refractivity contribution is 8.00. The summed E-state index contributed by atoms with van der Waals surface area (Å²) in [6.45, 7) is 3.64. The number of hydrogen-bond acceptors (Lipinski definition) is 1. The van der Waals surface area contributed by atoms with Crippen molar-refractivity contribution in [3.8, 4) is 0 Å². The monoisotopic (exact) mass is 251 g/mol. The molecular weight excluding hydrogens is 240 g/mol. The molecule has 1 rings (SSSR count). The highest BCUT2D eigenvalue weighted by Crippen LogP contribution is 2.38. The lowest BCUT2D eigenvalue weighted by molar-refractivity contribution is -0.0329. The van der Waals surface area contributed by atoms with Gasteiger partial charge in [-0.1, -0.05) is 19.4 Å². The number of thioether (sulfide) groups is 1. The summed E-state index contributed by atoms with van der Waals surface area (Å²) >= 11 is -0.416. The van der Waals surface area contributed by atoms with E-state index in [0.29, 0.717) is 18.4 Å². The Hall–Kier alpha value is -0.710. The SMILES string of the molecule is [CH2]CCCc1ccc(F)c(SC(F)(F)F)c1. The molecule has 89 valence electrons. The average molecular weight is 251 g/mol. The fraction of sp³-hybridized carbons (Fsp3) is 0.364. The van der Waals surface area contributed by atoms with Crippen LogP contribution in [0, 0.1) is 12.7 Å². The van der Waals surface area contributed by atoms with Crippen LogP contribution in [0.1, 0.15) is 18.4 Å². The second-order valence-corrected chi connectivity index (χ2v) is 4.38. The second kappa shape index (κ2) is 5.57. The van der Waals surface area contributed by atoms with Gasteiger partial charge in [0.05, 0.1) is 4.90 Å². The van der Waals surface area contributed by atoms with E-state index in [1.54, 1.807) is 0 Å². The number of aryl methyl sites for hydroxylation is 1. The van der Waals surface area contributed by atoms with Crippen molar-refractivity contribution in [1.29, 1.82) is 0 Å². The molecule has 0 saturated carbocycles. The molecule has 0 unspecified atom stereocenters. The van der Waals surface area contributed by atoms with Gasteiger partial charge in [-0.05, 0) is 42.3 Å². The van der Waals surface area contributed by atoms with Crippen molar-refractivity contribution in [2.75, 3.05) is 0 Å². The Bertz CT molecular complexity index is 346. The lowest BCUT2D eigenvalue weighted by Gasteiger charge is -2.08. The zero-order chi connectivity index (χ0) is 12.2. The quantitative estimate of drug-likeness (QED) is 0.557. The smallest absolute Gasteiger partial charge is 0.206 e. The summed E-state index contributed by atoms with van der Waals surface area (Å²) in [5, 5.41) is 0. The Morgan fingerprint density at radius 2 is 1.94 bits per heavy atom. The molecule has 0 spiro atoms. The Morgan fingerprint density at radius 3 is 2.50 bits per heavy atom. The van der Waals surface area contributed by atoms with E-state index < -0.39 is 23.1 Å². The molecule has 1 aromatic rings. The third-order valence-electron chi connectivity index (χ3n) is 1.94. The van der Waals surface area contributed by atoms with Crippen LogP contribution < -0.4 is 0 Å². The van der Waals surface area contributed by atoms with Crippen molar-refractivity contribution in [2.45, 2.75) is 29.7 Å². The van der Waals surface area contributed by atoms with E-state index in [4.69, 9.17) is 0 Å². The van der Waals surface area contributed by atoms with Crippen molar-refractivity contribution < 1.29 is 17.6 Å². The van der Waals surface area contributed by atoms with Crippen molar-refractivity contribution in [2.24, 2.45) is 0 Å². The van der Waals surface area contributed by atoms with Crippen LogP contribution in [-0.2, 0) is 6.42 Å². The first kappa shape index (κ1) is 13.4. The lowest BCUT2D eigenvalue weighted by atomic mass is 10.1. The molecule has 1 aromatic carbocycles. The molecule has 0 bridgehead atoms. The fourth-order valence-corrected chi connectivity index (χ4v) is 1.86. The maximum absolute atomic E-state index is 13.1. The van der Waals surface area contributed by atoms with Crippen LogP contribution in [0.25, 0.3) is 0 Å². The first-order valence-corrected chi connectivity index (χ1v) is 5.57. The summed E-state index contributed by atoms with van der Waals surface area (Å²) < 4.78 is 49.4. The summed E-state index contributed by atoms with van der Waals surface area (Å²) in [6.07, 6.45) is 2.11. The number of rotatable bonds is 4. The molecule has 0 aromatic heterocycles. The number of hydrogen-bond donors (Lipinski definition) is 0. The van der Waals surface area contributed by atoms with E-state index in [0.717, 1.165) is 12.5 Å². The lowest BCUT2D eigenvalue weighted by Crippen LogP contribution is -2.01. The van der Waals surface area contributed by atoms with Crippen molar-refractivity contribution in [3.63, 3.8) is 0 Å². The van der Waals surface area contributed by atoms with Crippen LogP contribution in [0.15, 0.2) is 23.1 Å². The van der Waals surface area contributed by atoms with E-state index >= 15 is 0 Å². The molecule has 0 saturated heterocycles. The molecule has 0 aliphatic rings. The normalized spacial score (nSPS) is 11.8. The highest BCUT2D eigenvalue weighted by Gasteiger charge is 2.30. The van der Waals surface area contributed by atoms with Gasteiger partial charge in [-0.15, -0.1) is 0 Å². The molecule has 0 aliphatic carbocycles. The number of unbranched alkanes of at least 4 members (excludes halogenated alkanes) is 1. The standard InChI is InChI=1S/C11H11F4S/c1-2-3-4-8-5-6-9(12)10(7-8)16-11(13,14)15/h5-7H,1-4H2. The summed E-state index contributed by atoms with van der Waals surface area (Å²) in [5.74, 6) is -0.833. The van der Waals surface area contributed by atoms with E-state index in [-0.39, 0.29) is 4.90 Å². The predicted octanol–water partition coefficient (Wildman–Crippen LogP) is 4.59. The Kier molecular flexibility index (Phi) is 4.65. The summed E-state index contributed by atoms with van der Waals surface area (Å²) in [5.41, 5.74) is -3.75. The van der Waals surface area contributed by atoms with Gasteiger partial charge in [0.2, 0.25) is 0 Å². The van der Waals surface area contributed by atoms with Gasteiger partial charge >= 0.3 is 5.51 Å². The van der Waals surface area contributed by atoms with Crippen molar-refractivity contribution in [1.82, 2.24) is 0 Å². The van der Waals surface area contributed by atoms with E-state index in [1.807, 2.05) is 0 Å². The van der Waals surface area contributed by atoms with Crippen LogP contribution in [0.5, 0.6) is 0 Å². The van der Waals surface area contributed by atoms with Crippen LogP contribution in [0.3, 0.4) is 0 Å². The number of alkyl halides is 3. The summed E-state index contributed by atoms with van der Waals surface area (Å²) in [7, 11) is 0. The Morgan fingerprint density at radius 1 is 1.25 bits per heavy atom. The molecule has 0 nitrogen and oxygen atoms in total. The molecule has 0 N–H and O–H groups in total. The van der Waals surface area contributed by atoms with Crippen LogP contribution in [0.2, 0.25) is 0 Å². The van der Waals surface area contributed by atoms with Gasteiger partial charge in [0, 0.05) is 0 Å². The minimum absolute atomic E-state index is 0.367. The van der Waals surface area contributed by atoms with Crippen LogP contribution >= 0.6 is 11.8 Å². The molecule has 1 radical (unpaired) electrons. The van der Waals surface area contributed by atoms with Gasteiger partial charge in [-0.3, -0.25) is 0 Å². The van der Waals surface area contributed by atoms with Gasteiger partial charge < -0.3 is 0 Å². The topological polar surface area (TPSA) is 0 Å². The van der Waals surface area contributed by atoms with Gasteiger partial charge in [-0.25, -0.2) is 4.39 Å². The van der Waals surface area contributed by atoms with Gasteiger partial charge in [-0.2, -0.15) is 13.2 Å². The zero-order valence-corrected chi connectivity index (χ0v) is 9.30. The van der Waals surface area contributed by atoms with Gasteiger partial charge in [0.25, 0.3) is 0 Å². The molecule has 0 aliphatic heterocycles. The molecule has 0 atom stereocenters. The Balaban J connectivity index is 2.82. The van der Waals surface area contributed by atoms with Crippen molar-refractivity contribution >= 4 is 11.8 Å². The molecule has 0 fully saturated rings. The highest BCUT2D eigenvalue weighted by atomic mass is 32.2. The molecule has 0 amide bonds. The maximum atomic E-state index is 13.1. The first-order chi connectivity index (χ1) is 7.42. The van der Waals surface area contributed by atoms with Crippen LogP contribution in [-0.4, -0.2) is 5.51 Å². The summed E-state index contributed by atoms with van der Waals surface area (Å²) in [6, 6.07) is 3.83. The van der Waals surface area contributed by atoms with Crippen LogP contribution in [0.4, 0.5) is 17.6 Å². The van der Waals surface area contributed by atoms with E-state index in [1.165, 1.54) is 12.1 Å². The molecule has 0 heterocycles. The predicted molar refractivity (Wildman–Crippen MR) is 56.6 cm³/mol.